The molecule has 110 valence electrons. The molecule has 0 aliphatic rings. The maximum absolute atomic E-state index is 11.8. The molecule has 0 bridgehead atoms. The fourth-order valence-corrected chi connectivity index (χ4v) is 1.94. The lowest BCUT2D eigenvalue weighted by Gasteiger charge is -2.05. The highest BCUT2D eigenvalue weighted by Crippen LogP contribution is 2.10. The summed E-state index contributed by atoms with van der Waals surface area (Å²) in [5.74, 6) is 0.875. The summed E-state index contributed by atoms with van der Waals surface area (Å²) in [5.41, 5.74) is 2.28. The van der Waals surface area contributed by atoms with Crippen molar-refractivity contribution < 1.29 is 14.1 Å². The van der Waals surface area contributed by atoms with Crippen molar-refractivity contribution in [1.29, 1.82) is 0 Å². The van der Waals surface area contributed by atoms with E-state index in [1.807, 2.05) is 60.3 Å². The zero-order valence-corrected chi connectivity index (χ0v) is 12.5. The van der Waals surface area contributed by atoms with Gasteiger partial charge >= 0.3 is 0 Å². The normalized spacial score (nSPS) is 10.2. The van der Waals surface area contributed by atoms with Crippen LogP contribution in [0.3, 0.4) is 0 Å². The van der Waals surface area contributed by atoms with Crippen molar-refractivity contribution in [3.63, 3.8) is 0 Å². The minimum atomic E-state index is 0.0545. The van der Waals surface area contributed by atoms with E-state index >= 15 is 0 Å². The Morgan fingerprint density at radius 1 is 1.14 bits per heavy atom. The van der Waals surface area contributed by atoms with Crippen molar-refractivity contribution in [2.75, 3.05) is 7.11 Å². The summed E-state index contributed by atoms with van der Waals surface area (Å²) in [4.78, 5) is 11.8. The van der Waals surface area contributed by atoms with Crippen LogP contribution in [0.5, 0.6) is 5.75 Å². The number of nitrogens with zero attached hydrogens (tertiary/aromatic N) is 1. The summed E-state index contributed by atoms with van der Waals surface area (Å²) in [6, 6.07) is 11.8. The number of nitrogens with one attached hydrogen (secondary N) is 1. The molecule has 1 aromatic carbocycles. The first-order chi connectivity index (χ1) is 10.2. The number of rotatable bonds is 6. The van der Waals surface area contributed by atoms with Gasteiger partial charge in [-0.1, -0.05) is 12.1 Å². The first kappa shape index (κ1) is 15.0. The van der Waals surface area contributed by atoms with E-state index in [0.29, 0.717) is 19.5 Å². The van der Waals surface area contributed by atoms with Crippen LogP contribution in [-0.4, -0.2) is 13.0 Å². The Labute approximate surface area is 125 Å². The molecule has 1 amide bonds. The third-order valence-electron chi connectivity index (χ3n) is 3.30. The number of amides is 1. The lowest BCUT2D eigenvalue weighted by molar-refractivity contribution is -0.695. The van der Waals surface area contributed by atoms with Gasteiger partial charge in [-0.15, -0.1) is 0 Å². The summed E-state index contributed by atoms with van der Waals surface area (Å²) in [7, 11) is 1.64. The average molecular weight is 285 g/mol. The van der Waals surface area contributed by atoms with Gasteiger partial charge in [-0.3, -0.25) is 4.79 Å². The molecule has 0 aliphatic heterocycles. The molecule has 4 nitrogen and oxygen atoms in total. The van der Waals surface area contributed by atoms with Crippen molar-refractivity contribution >= 4 is 5.91 Å². The molecule has 1 aromatic heterocycles. The summed E-state index contributed by atoms with van der Waals surface area (Å²) >= 11 is 0. The van der Waals surface area contributed by atoms with Crippen LogP contribution in [0.4, 0.5) is 0 Å². The SMILES string of the molecule is COc1ccc(CNC(=O)CC[n+]2ccc(C)cc2)cc1. The molecule has 2 rings (SSSR count). The Balaban J connectivity index is 1.75. The predicted molar refractivity (Wildman–Crippen MR) is 80.8 cm³/mol. The van der Waals surface area contributed by atoms with Crippen LogP contribution in [0.25, 0.3) is 0 Å². The van der Waals surface area contributed by atoms with Crippen LogP contribution in [-0.2, 0) is 17.9 Å². The second kappa shape index (κ2) is 7.43. The van der Waals surface area contributed by atoms with Crippen molar-refractivity contribution in [3.8, 4) is 5.75 Å². The summed E-state index contributed by atoms with van der Waals surface area (Å²) in [5, 5.41) is 2.92. The van der Waals surface area contributed by atoms with E-state index in [2.05, 4.69) is 5.32 Å². The van der Waals surface area contributed by atoms with Crippen LogP contribution >= 0.6 is 0 Å². The summed E-state index contributed by atoms with van der Waals surface area (Å²) in [6.07, 6.45) is 4.46. The molecule has 0 aliphatic carbocycles. The zero-order chi connectivity index (χ0) is 15.1. The molecule has 0 radical (unpaired) electrons. The van der Waals surface area contributed by atoms with Crippen molar-refractivity contribution in [1.82, 2.24) is 5.32 Å². The average Bonchev–Trinajstić information content (AvgIpc) is 2.53. The van der Waals surface area contributed by atoms with Crippen LogP contribution in [0.15, 0.2) is 48.8 Å². The molecule has 1 N–H and O–H groups in total. The lowest BCUT2D eigenvalue weighted by Crippen LogP contribution is -2.36. The molecular formula is C17H21N2O2+. The molecule has 1 heterocycles. The van der Waals surface area contributed by atoms with E-state index in [1.165, 1.54) is 5.56 Å². The van der Waals surface area contributed by atoms with Crippen LogP contribution in [0.1, 0.15) is 17.5 Å². The monoisotopic (exact) mass is 285 g/mol. The Hall–Kier alpha value is -2.36. The van der Waals surface area contributed by atoms with Crippen molar-refractivity contribution in [2.24, 2.45) is 0 Å². The number of hydrogen-bond acceptors (Lipinski definition) is 2. The minimum absolute atomic E-state index is 0.0545. The van der Waals surface area contributed by atoms with E-state index in [9.17, 15) is 4.79 Å². The topological polar surface area (TPSA) is 42.2 Å². The maximum Gasteiger partial charge on any atom is 0.226 e. The molecule has 0 spiro atoms. The van der Waals surface area contributed by atoms with Crippen LogP contribution < -0.4 is 14.6 Å². The Morgan fingerprint density at radius 3 is 2.43 bits per heavy atom. The van der Waals surface area contributed by atoms with E-state index < -0.39 is 0 Å². The second-order valence-corrected chi connectivity index (χ2v) is 4.99. The van der Waals surface area contributed by atoms with Gasteiger partial charge in [-0.05, 0) is 30.2 Å². The van der Waals surface area contributed by atoms with Crippen molar-refractivity contribution in [3.05, 3.63) is 59.9 Å². The highest BCUT2D eigenvalue weighted by atomic mass is 16.5. The van der Waals surface area contributed by atoms with Gasteiger partial charge in [0.15, 0.2) is 18.9 Å². The van der Waals surface area contributed by atoms with E-state index in [0.717, 1.165) is 11.3 Å². The highest BCUT2D eigenvalue weighted by molar-refractivity contribution is 5.75. The first-order valence-corrected chi connectivity index (χ1v) is 7.03. The smallest absolute Gasteiger partial charge is 0.226 e. The number of hydrogen-bond donors (Lipinski definition) is 1. The van der Waals surface area contributed by atoms with E-state index in [-0.39, 0.29) is 5.91 Å². The molecule has 0 saturated carbocycles. The van der Waals surface area contributed by atoms with Gasteiger partial charge in [0.05, 0.1) is 13.5 Å². The molecule has 21 heavy (non-hydrogen) atoms. The fraction of sp³-hybridized carbons (Fsp3) is 0.294. The quantitative estimate of drug-likeness (QED) is 0.825. The minimum Gasteiger partial charge on any atom is -0.497 e. The Kier molecular flexibility index (Phi) is 5.32. The number of ether oxygens (including phenoxy) is 1. The predicted octanol–water partition coefficient (Wildman–Crippen LogP) is 2.00. The third kappa shape index (κ3) is 4.91. The molecular weight excluding hydrogens is 264 g/mol. The molecule has 0 unspecified atom stereocenters. The molecule has 0 atom stereocenters. The molecule has 4 heteroatoms. The number of carbonyl (C=O) groups is 1. The molecule has 0 fully saturated rings. The van der Waals surface area contributed by atoms with E-state index in [1.54, 1.807) is 7.11 Å². The summed E-state index contributed by atoms with van der Waals surface area (Å²) < 4.78 is 7.11. The molecule has 0 saturated heterocycles. The number of pyridine rings is 1. The van der Waals surface area contributed by atoms with Gasteiger partial charge in [0, 0.05) is 18.7 Å². The van der Waals surface area contributed by atoms with Crippen LogP contribution in [0, 0.1) is 6.92 Å². The second-order valence-electron chi connectivity index (χ2n) is 4.99. The van der Waals surface area contributed by atoms with Gasteiger partial charge in [-0.25, -0.2) is 4.57 Å². The van der Waals surface area contributed by atoms with E-state index in [4.69, 9.17) is 4.74 Å². The van der Waals surface area contributed by atoms with Gasteiger partial charge in [0.25, 0.3) is 0 Å². The zero-order valence-electron chi connectivity index (χ0n) is 12.5. The standard InChI is InChI=1S/C17H20N2O2/c1-14-7-10-19(11-8-14)12-9-17(20)18-13-15-3-5-16(21-2)6-4-15/h3-8,10-11H,9,12-13H2,1-2H3/p+1. The number of carbonyl (C=O) groups excluding carboxylic acids is 1. The Morgan fingerprint density at radius 2 is 1.81 bits per heavy atom. The maximum atomic E-state index is 11.8. The van der Waals surface area contributed by atoms with Gasteiger partial charge < -0.3 is 10.1 Å². The third-order valence-corrected chi connectivity index (χ3v) is 3.30. The Bertz CT molecular complexity index is 577. The summed E-state index contributed by atoms with van der Waals surface area (Å²) in [6.45, 7) is 3.28. The number of benzene rings is 1. The largest absolute Gasteiger partial charge is 0.497 e. The number of aryl methyl sites for hydroxylation is 2. The van der Waals surface area contributed by atoms with Crippen LogP contribution in [0.2, 0.25) is 0 Å². The highest BCUT2D eigenvalue weighted by Gasteiger charge is 2.06. The first-order valence-electron chi connectivity index (χ1n) is 7.03. The van der Waals surface area contributed by atoms with Gasteiger partial charge in [-0.2, -0.15) is 0 Å². The van der Waals surface area contributed by atoms with Crippen molar-refractivity contribution in [2.45, 2.75) is 26.4 Å². The van der Waals surface area contributed by atoms with Gasteiger partial charge in [0.2, 0.25) is 5.91 Å². The number of methoxy groups -OCH3 is 1. The number of aromatic nitrogens is 1. The fourth-order valence-electron chi connectivity index (χ4n) is 1.94. The van der Waals surface area contributed by atoms with Gasteiger partial charge in [0.1, 0.15) is 5.75 Å². The molecule has 2 aromatic rings. The lowest BCUT2D eigenvalue weighted by atomic mass is 10.2.